The summed E-state index contributed by atoms with van der Waals surface area (Å²) in [6.45, 7) is 0. The molecule has 26 heavy (non-hydrogen) atoms. The Labute approximate surface area is 151 Å². The van der Waals surface area contributed by atoms with Crippen molar-refractivity contribution in [2.24, 2.45) is 0 Å². The Morgan fingerprint density at radius 1 is 0.769 bits per heavy atom. The molecule has 2 aromatic carbocycles. The number of amides is 3. The van der Waals surface area contributed by atoms with Crippen molar-refractivity contribution in [2.45, 2.75) is 6.42 Å². The van der Waals surface area contributed by atoms with Crippen LogP contribution in [0.2, 0.25) is 0 Å². The van der Waals surface area contributed by atoms with Gasteiger partial charge in [0.1, 0.15) is 0 Å². The summed E-state index contributed by atoms with van der Waals surface area (Å²) in [6, 6.07) is 19.6. The summed E-state index contributed by atoms with van der Waals surface area (Å²) in [6.07, 6.45) is 4.32. The lowest BCUT2D eigenvalue weighted by Gasteiger charge is -2.09. The van der Waals surface area contributed by atoms with E-state index >= 15 is 0 Å². The number of benzene rings is 2. The number of carbonyl (C=O) groups excluding carboxylic acids is 2. The first-order chi connectivity index (χ1) is 12.7. The van der Waals surface area contributed by atoms with Gasteiger partial charge in [0.05, 0.1) is 0 Å². The van der Waals surface area contributed by atoms with Crippen LogP contribution in [0.5, 0.6) is 0 Å². The number of anilines is 1. The van der Waals surface area contributed by atoms with Gasteiger partial charge < -0.3 is 5.32 Å². The number of urea groups is 1. The molecule has 3 amide bonds. The van der Waals surface area contributed by atoms with Gasteiger partial charge in [-0.1, -0.05) is 30.3 Å². The predicted molar refractivity (Wildman–Crippen MR) is 99.5 cm³/mol. The molecule has 0 saturated carbocycles. The maximum absolute atomic E-state index is 11.9. The van der Waals surface area contributed by atoms with Crippen LogP contribution in [0.1, 0.15) is 21.5 Å². The van der Waals surface area contributed by atoms with Crippen LogP contribution in [0.3, 0.4) is 0 Å². The van der Waals surface area contributed by atoms with Gasteiger partial charge >= 0.3 is 6.03 Å². The summed E-state index contributed by atoms with van der Waals surface area (Å²) >= 11 is 0. The van der Waals surface area contributed by atoms with Gasteiger partial charge in [-0.15, -0.1) is 0 Å². The van der Waals surface area contributed by atoms with E-state index in [9.17, 15) is 9.59 Å². The number of hydrogen-bond acceptors (Lipinski definition) is 3. The van der Waals surface area contributed by atoms with Gasteiger partial charge in [0.15, 0.2) is 0 Å². The molecule has 1 heterocycles. The van der Waals surface area contributed by atoms with Gasteiger partial charge in [0.2, 0.25) is 0 Å². The van der Waals surface area contributed by atoms with Crippen LogP contribution in [0.15, 0.2) is 79.1 Å². The third-order valence-corrected chi connectivity index (χ3v) is 3.69. The van der Waals surface area contributed by atoms with Crippen LogP contribution in [0, 0.1) is 0 Å². The largest absolute Gasteiger partial charge is 0.337 e. The van der Waals surface area contributed by atoms with E-state index in [0.29, 0.717) is 11.3 Å². The molecule has 0 saturated heterocycles. The minimum absolute atomic E-state index is 0.381. The Kier molecular flexibility index (Phi) is 5.57. The Morgan fingerprint density at radius 3 is 2.12 bits per heavy atom. The number of nitrogens with one attached hydrogen (secondary N) is 3. The molecule has 3 rings (SSSR count). The summed E-state index contributed by atoms with van der Waals surface area (Å²) in [5.74, 6) is -0.381. The van der Waals surface area contributed by atoms with Crippen molar-refractivity contribution in [3.05, 3.63) is 95.8 Å². The zero-order chi connectivity index (χ0) is 18.2. The Morgan fingerprint density at radius 2 is 1.42 bits per heavy atom. The molecule has 0 unspecified atom stereocenters. The third kappa shape index (κ3) is 4.91. The first kappa shape index (κ1) is 17.2. The predicted octanol–water partition coefficient (Wildman–Crippen LogP) is 3.14. The van der Waals surface area contributed by atoms with Gasteiger partial charge in [-0.05, 0) is 53.9 Å². The monoisotopic (exact) mass is 346 g/mol. The van der Waals surface area contributed by atoms with Crippen molar-refractivity contribution in [2.75, 3.05) is 5.32 Å². The fraction of sp³-hybridized carbons (Fsp3) is 0.0500. The lowest BCUT2D eigenvalue weighted by atomic mass is 10.1. The van der Waals surface area contributed by atoms with E-state index in [1.54, 1.807) is 36.7 Å². The second kappa shape index (κ2) is 8.43. The van der Waals surface area contributed by atoms with Gasteiger partial charge in [-0.25, -0.2) is 10.2 Å². The number of rotatable bonds is 4. The zero-order valence-corrected chi connectivity index (χ0v) is 14.0. The topological polar surface area (TPSA) is 83.1 Å². The van der Waals surface area contributed by atoms with Crippen molar-refractivity contribution in [1.29, 1.82) is 0 Å². The van der Waals surface area contributed by atoms with E-state index in [1.165, 1.54) is 5.56 Å². The number of aromatic nitrogens is 1. The number of hydrogen-bond donors (Lipinski definition) is 3. The van der Waals surface area contributed by atoms with Crippen molar-refractivity contribution < 1.29 is 9.59 Å². The smallest absolute Gasteiger partial charge is 0.307 e. The molecule has 3 aromatic rings. The number of carbonyl (C=O) groups is 2. The molecule has 3 N–H and O–H groups in total. The summed E-state index contributed by atoms with van der Waals surface area (Å²) in [7, 11) is 0. The second-order valence-electron chi connectivity index (χ2n) is 5.63. The van der Waals surface area contributed by atoms with Crippen LogP contribution < -0.4 is 16.2 Å². The molecule has 0 aliphatic rings. The molecule has 0 aliphatic carbocycles. The maximum Gasteiger partial charge on any atom is 0.337 e. The molecule has 6 heteroatoms. The number of hydrazine groups is 1. The van der Waals surface area contributed by atoms with Crippen molar-refractivity contribution in [1.82, 2.24) is 15.8 Å². The van der Waals surface area contributed by atoms with E-state index in [1.807, 2.05) is 42.5 Å². The Balaban J connectivity index is 1.49. The molecule has 0 fully saturated rings. The SMILES string of the molecule is O=C(NNC(=O)c1ccccc1)Nc1ccc(Cc2ccncc2)cc1. The average Bonchev–Trinajstić information content (AvgIpc) is 2.69. The normalized spacial score (nSPS) is 10.0. The van der Waals surface area contributed by atoms with Crippen LogP contribution >= 0.6 is 0 Å². The lowest BCUT2D eigenvalue weighted by molar-refractivity contribution is 0.0938. The average molecular weight is 346 g/mol. The van der Waals surface area contributed by atoms with Crippen LogP contribution in [-0.2, 0) is 6.42 Å². The molecule has 0 spiro atoms. The second-order valence-corrected chi connectivity index (χ2v) is 5.63. The van der Waals surface area contributed by atoms with Crippen molar-refractivity contribution in [3.8, 4) is 0 Å². The van der Waals surface area contributed by atoms with Gasteiger partial charge in [-0.2, -0.15) is 0 Å². The highest BCUT2D eigenvalue weighted by atomic mass is 16.2. The highest BCUT2D eigenvalue weighted by Gasteiger charge is 2.06. The Bertz CT molecular complexity index is 865. The quantitative estimate of drug-likeness (QED) is 0.635. The van der Waals surface area contributed by atoms with E-state index in [0.717, 1.165) is 12.0 Å². The highest BCUT2D eigenvalue weighted by molar-refractivity contribution is 5.97. The van der Waals surface area contributed by atoms with E-state index < -0.39 is 6.03 Å². The summed E-state index contributed by atoms with van der Waals surface area (Å²) in [5.41, 5.74) is 8.08. The summed E-state index contributed by atoms with van der Waals surface area (Å²) in [4.78, 5) is 27.7. The molecular formula is C20H18N4O2. The number of pyridine rings is 1. The van der Waals surface area contributed by atoms with Gasteiger partial charge in [-0.3, -0.25) is 15.2 Å². The lowest BCUT2D eigenvalue weighted by Crippen LogP contribution is -2.43. The summed E-state index contributed by atoms with van der Waals surface area (Å²) < 4.78 is 0. The Hall–Kier alpha value is -3.67. The first-order valence-electron chi connectivity index (χ1n) is 8.11. The van der Waals surface area contributed by atoms with E-state index in [2.05, 4.69) is 21.2 Å². The molecule has 0 aliphatic heterocycles. The first-order valence-corrected chi connectivity index (χ1v) is 8.11. The minimum Gasteiger partial charge on any atom is -0.307 e. The third-order valence-electron chi connectivity index (χ3n) is 3.69. The number of nitrogens with zero attached hydrogens (tertiary/aromatic N) is 1. The molecule has 0 radical (unpaired) electrons. The van der Waals surface area contributed by atoms with Gasteiger partial charge in [0, 0.05) is 23.6 Å². The van der Waals surface area contributed by atoms with E-state index in [4.69, 9.17) is 0 Å². The molecule has 0 bridgehead atoms. The van der Waals surface area contributed by atoms with E-state index in [-0.39, 0.29) is 5.91 Å². The molecular weight excluding hydrogens is 328 g/mol. The molecule has 1 aromatic heterocycles. The van der Waals surface area contributed by atoms with Crippen LogP contribution in [-0.4, -0.2) is 16.9 Å². The molecule has 0 atom stereocenters. The fourth-order valence-corrected chi connectivity index (χ4v) is 2.38. The molecule has 6 nitrogen and oxygen atoms in total. The van der Waals surface area contributed by atoms with Crippen LogP contribution in [0.25, 0.3) is 0 Å². The standard InChI is InChI=1S/C20H18N4O2/c25-19(17-4-2-1-3-5-17)23-24-20(26)22-18-8-6-15(7-9-18)14-16-10-12-21-13-11-16/h1-13H,14H2,(H,23,25)(H2,22,24,26). The van der Waals surface area contributed by atoms with Crippen molar-refractivity contribution >= 4 is 17.6 Å². The van der Waals surface area contributed by atoms with Crippen LogP contribution in [0.4, 0.5) is 10.5 Å². The maximum atomic E-state index is 11.9. The zero-order valence-electron chi connectivity index (χ0n) is 14.0. The van der Waals surface area contributed by atoms with Gasteiger partial charge in [0.25, 0.3) is 5.91 Å². The minimum atomic E-state index is -0.517. The molecule has 130 valence electrons. The highest BCUT2D eigenvalue weighted by Crippen LogP contribution is 2.13. The fourth-order valence-electron chi connectivity index (χ4n) is 2.38. The van der Waals surface area contributed by atoms with Crippen molar-refractivity contribution in [3.63, 3.8) is 0 Å². The summed E-state index contributed by atoms with van der Waals surface area (Å²) in [5, 5.41) is 2.67.